The quantitative estimate of drug-likeness (QED) is 0.419. The van der Waals surface area contributed by atoms with Crippen molar-refractivity contribution in [1.82, 2.24) is 4.98 Å². The van der Waals surface area contributed by atoms with E-state index in [1.54, 1.807) is 6.20 Å². The Kier molecular flexibility index (Phi) is 5.39. The van der Waals surface area contributed by atoms with Crippen molar-refractivity contribution in [1.29, 1.82) is 0 Å². The van der Waals surface area contributed by atoms with Crippen LogP contribution in [0.1, 0.15) is 36.8 Å². The minimum Gasteiger partial charge on any atom is -0.369 e. The van der Waals surface area contributed by atoms with Gasteiger partial charge in [0, 0.05) is 22.8 Å². The second kappa shape index (κ2) is 8.62. The fraction of sp³-hybridized carbons (Fsp3) is 0.241. The number of amides is 1. The molecule has 1 saturated carbocycles. The SMILES string of the molecule is Cc1cc(-c2ccccc2)nc2cc(C3=NC(C4CCC(C(N)=O)CC4)=C4C=NC=C[N+]34N)ccc12. The van der Waals surface area contributed by atoms with E-state index < -0.39 is 0 Å². The zero-order chi connectivity index (χ0) is 24.9. The van der Waals surface area contributed by atoms with Gasteiger partial charge in [-0.3, -0.25) is 9.79 Å². The lowest BCUT2D eigenvalue weighted by molar-refractivity contribution is -0.750. The van der Waals surface area contributed by atoms with E-state index in [9.17, 15) is 4.79 Å². The first-order valence-electron chi connectivity index (χ1n) is 12.4. The van der Waals surface area contributed by atoms with Crippen LogP contribution < -0.4 is 11.6 Å². The maximum Gasteiger partial charge on any atom is 0.264 e. The number of nitrogens with two attached hydrogens (primary N) is 2. The van der Waals surface area contributed by atoms with Gasteiger partial charge in [-0.1, -0.05) is 36.4 Å². The number of nitrogens with zero attached hydrogens (tertiary/aromatic N) is 4. The van der Waals surface area contributed by atoms with Crippen LogP contribution >= 0.6 is 0 Å². The number of amidine groups is 1. The zero-order valence-electron chi connectivity index (χ0n) is 20.3. The monoisotopic (exact) mass is 477 g/mol. The highest BCUT2D eigenvalue weighted by Crippen LogP contribution is 2.41. The summed E-state index contributed by atoms with van der Waals surface area (Å²) in [6.45, 7) is 2.12. The Bertz CT molecular complexity index is 1490. The normalized spacial score (nSPS) is 25.2. The van der Waals surface area contributed by atoms with Crippen LogP contribution in [0.5, 0.6) is 0 Å². The average molecular weight is 478 g/mol. The lowest BCUT2D eigenvalue weighted by atomic mass is 9.80. The summed E-state index contributed by atoms with van der Waals surface area (Å²) < 4.78 is -0.0164. The number of rotatable bonds is 4. The Hall–Kier alpha value is -3.94. The molecule has 36 heavy (non-hydrogen) atoms. The molecule has 1 amide bonds. The van der Waals surface area contributed by atoms with Gasteiger partial charge in [-0.25, -0.2) is 4.98 Å². The summed E-state index contributed by atoms with van der Waals surface area (Å²) in [5, 5.41) is 1.11. The second-order valence-corrected chi connectivity index (χ2v) is 9.93. The third kappa shape index (κ3) is 3.68. The first-order valence-corrected chi connectivity index (χ1v) is 12.4. The molecule has 2 aliphatic heterocycles. The van der Waals surface area contributed by atoms with Gasteiger partial charge in [-0.15, -0.1) is 4.59 Å². The van der Waals surface area contributed by atoms with E-state index in [1.807, 2.05) is 30.6 Å². The van der Waals surface area contributed by atoms with Crippen LogP contribution in [0, 0.1) is 18.8 Å². The van der Waals surface area contributed by atoms with E-state index >= 15 is 0 Å². The van der Waals surface area contributed by atoms with E-state index in [0.29, 0.717) is 0 Å². The first kappa shape index (κ1) is 22.5. The number of aliphatic imine (C=N–C) groups is 2. The van der Waals surface area contributed by atoms with Crippen LogP contribution in [0.3, 0.4) is 0 Å². The van der Waals surface area contributed by atoms with E-state index in [0.717, 1.165) is 70.6 Å². The Balaban J connectivity index is 1.41. The molecule has 0 spiro atoms. The van der Waals surface area contributed by atoms with Crippen molar-refractivity contribution >= 4 is 28.9 Å². The van der Waals surface area contributed by atoms with Crippen LogP contribution in [0.4, 0.5) is 0 Å². The predicted octanol–water partition coefficient (Wildman–Crippen LogP) is 4.72. The molecule has 1 aliphatic carbocycles. The molecule has 3 aromatic rings. The summed E-state index contributed by atoms with van der Waals surface area (Å²) in [5.74, 6) is 7.70. The molecule has 1 atom stereocenters. The van der Waals surface area contributed by atoms with Gasteiger partial charge in [0.2, 0.25) is 11.6 Å². The molecule has 3 aliphatic rings. The number of hydrogen-bond donors (Lipinski definition) is 2. The highest BCUT2D eigenvalue weighted by molar-refractivity contribution is 6.03. The van der Waals surface area contributed by atoms with Crippen molar-refractivity contribution in [2.75, 3.05) is 0 Å². The minimum absolute atomic E-state index is 0.0164. The summed E-state index contributed by atoms with van der Waals surface area (Å²) in [7, 11) is 0. The van der Waals surface area contributed by atoms with E-state index in [1.165, 1.54) is 5.56 Å². The van der Waals surface area contributed by atoms with Crippen molar-refractivity contribution in [3.05, 3.63) is 89.5 Å². The molecule has 0 radical (unpaired) electrons. The maximum atomic E-state index is 11.7. The van der Waals surface area contributed by atoms with E-state index in [4.69, 9.17) is 21.6 Å². The molecule has 3 heterocycles. The number of primary amides is 1. The van der Waals surface area contributed by atoms with Crippen molar-refractivity contribution in [3.63, 3.8) is 0 Å². The number of carbonyl (C=O) groups excluding carboxylic acids is 1. The topological polar surface area (TPSA) is 107 Å². The Morgan fingerprint density at radius 3 is 2.53 bits per heavy atom. The summed E-state index contributed by atoms with van der Waals surface area (Å²) in [4.78, 5) is 26.2. The number of quaternary nitrogens is 1. The van der Waals surface area contributed by atoms with Gasteiger partial charge < -0.3 is 5.73 Å². The third-order valence-corrected chi connectivity index (χ3v) is 7.68. The average Bonchev–Trinajstić information content (AvgIpc) is 3.22. The van der Waals surface area contributed by atoms with Crippen molar-refractivity contribution in [2.45, 2.75) is 32.6 Å². The summed E-state index contributed by atoms with van der Waals surface area (Å²) >= 11 is 0. The lowest BCUT2D eigenvalue weighted by Gasteiger charge is -2.28. The van der Waals surface area contributed by atoms with Crippen molar-refractivity contribution < 1.29 is 9.39 Å². The molecule has 0 bridgehead atoms. The standard InChI is InChI=1S/C29H28N6O/c1-18-15-24(19-5-3-2-4-6-19)33-25-16-22(11-12-23(18)25)29-34-27(26-17-32-13-14-35(26,29)31)20-7-9-21(10-8-20)28(30)36/h2-6,11-17,20-21H,7-10,31H2,1H3,(H-,30,36)/p+1. The Morgan fingerprint density at radius 1 is 1.00 bits per heavy atom. The molecule has 1 fully saturated rings. The molecule has 7 heteroatoms. The molecule has 180 valence electrons. The number of hydrogen-bond acceptors (Lipinski definition) is 5. The van der Waals surface area contributed by atoms with E-state index in [2.05, 4.69) is 48.3 Å². The highest BCUT2D eigenvalue weighted by atomic mass is 16.1. The molecule has 1 unspecified atom stereocenters. The predicted molar refractivity (Wildman–Crippen MR) is 142 cm³/mol. The molecule has 7 nitrogen and oxygen atoms in total. The number of benzene rings is 2. The van der Waals surface area contributed by atoms with Gasteiger partial charge in [-0.2, -0.15) is 10.8 Å². The number of allylic oxidation sites excluding steroid dienone is 2. The smallest absolute Gasteiger partial charge is 0.264 e. The molecule has 1 aromatic heterocycles. The first-order chi connectivity index (χ1) is 17.4. The Labute approximate surface area is 210 Å². The minimum atomic E-state index is -0.207. The molecular formula is C29H29N6O+. The molecule has 4 N–H and O–H groups in total. The number of aryl methyl sites for hydroxylation is 1. The third-order valence-electron chi connectivity index (χ3n) is 7.68. The number of fused-ring (bicyclic) bond motifs is 2. The van der Waals surface area contributed by atoms with Gasteiger partial charge >= 0.3 is 0 Å². The van der Waals surface area contributed by atoms with Crippen LogP contribution in [0.2, 0.25) is 0 Å². The summed E-state index contributed by atoms with van der Waals surface area (Å²) in [6.07, 6.45) is 8.70. The number of carbonyl (C=O) groups is 1. The van der Waals surface area contributed by atoms with Gasteiger partial charge in [0.25, 0.3) is 5.84 Å². The van der Waals surface area contributed by atoms with Crippen LogP contribution in [-0.4, -0.2) is 27.5 Å². The largest absolute Gasteiger partial charge is 0.369 e. The summed E-state index contributed by atoms with van der Waals surface area (Å²) in [6, 6.07) is 18.6. The lowest BCUT2D eigenvalue weighted by Crippen LogP contribution is -2.53. The summed E-state index contributed by atoms with van der Waals surface area (Å²) in [5.41, 5.74) is 12.4. The molecule has 0 saturated heterocycles. The van der Waals surface area contributed by atoms with Crippen molar-refractivity contribution in [3.8, 4) is 11.3 Å². The Morgan fingerprint density at radius 2 is 1.78 bits per heavy atom. The highest BCUT2D eigenvalue weighted by Gasteiger charge is 2.46. The van der Waals surface area contributed by atoms with Gasteiger partial charge in [0.05, 0.1) is 29.2 Å². The second-order valence-electron chi connectivity index (χ2n) is 9.93. The van der Waals surface area contributed by atoms with Gasteiger partial charge in [0.15, 0.2) is 0 Å². The fourth-order valence-corrected chi connectivity index (χ4v) is 5.66. The van der Waals surface area contributed by atoms with Crippen LogP contribution in [-0.2, 0) is 4.79 Å². The van der Waals surface area contributed by atoms with Gasteiger partial charge in [-0.05, 0) is 56.4 Å². The number of aromatic nitrogens is 1. The number of pyridine rings is 1. The molecule has 2 aromatic carbocycles. The fourth-order valence-electron chi connectivity index (χ4n) is 5.66. The molecule has 6 rings (SSSR count). The maximum absolute atomic E-state index is 11.7. The molecular weight excluding hydrogens is 448 g/mol. The van der Waals surface area contributed by atoms with Crippen LogP contribution in [0.25, 0.3) is 22.2 Å². The van der Waals surface area contributed by atoms with Crippen LogP contribution in [0.15, 0.2) is 88.4 Å². The van der Waals surface area contributed by atoms with E-state index in [-0.39, 0.29) is 22.3 Å². The van der Waals surface area contributed by atoms with Gasteiger partial charge in [0.1, 0.15) is 11.9 Å². The zero-order valence-corrected chi connectivity index (χ0v) is 20.3. The van der Waals surface area contributed by atoms with Crippen molar-refractivity contribution in [2.24, 2.45) is 33.4 Å².